The summed E-state index contributed by atoms with van der Waals surface area (Å²) < 4.78 is 35.5. The van der Waals surface area contributed by atoms with Gasteiger partial charge in [-0.3, -0.25) is 4.84 Å². The standard InChI is InChI=1S/C7H9FN2O3S/c1-2-13-10-14(11,12)7-6(8)4-3-5-9-7/h3-5,10H,2H2,1H3. The van der Waals surface area contributed by atoms with Crippen molar-refractivity contribution in [2.75, 3.05) is 6.61 Å². The van der Waals surface area contributed by atoms with Crippen molar-refractivity contribution >= 4 is 10.0 Å². The van der Waals surface area contributed by atoms with Gasteiger partial charge in [0.05, 0.1) is 6.61 Å². The molecule has 0 saturated carbocycles. The van der Waals surface area contributed by atoms with Gasteiger partial charge in [-0.1, -0.05) is 4.89 Å². The summed E-state index contributed by atoms with van der Waals surface area (Å²) in [6, 6.07) is 2.31. The second kappa shape index (κ2) is 4.45. The number of halogens is 1. The lowest BCUT2D eigenvalue weighted by Crippen LogP contribution is -2.25. The number of nitrogens with zero attached hydrogens (tertiary/aromatic N) is 1. The van der Waals surface area contributed by atoms with Gasteiger partial charge in [-0.2, -0.15) is 0 Å². The van der Waals surface area contributed by atoms with Crippen LogP contribution in [0.3, 0.4) is 0 Å². The van der Waals surface area contributed by atoms with Gasteiger partial charge in [0.2, 0.25) is 5.03 Å². The summed E-state index contributed by atoms with van der Waals surface area (Å²) in [5, 5.41) is -0.673. The Kier molecular flexibility index (Phi) is 3.50. The minimum Gasteiger partial charge on any atom is -0.287 e. The van der Waals surface area contributed by atoms with Crippen LogP contribution < -0.4 is 4.89 Å². The molecule has 0 unspecified atom stereocenters. The van der Waals surface area contributed by atoms with E-state index in [1.165, 1.54) is 12.3 Å². The normalized spacial score (nSPS) is 11.6. The molecule has 0 radical (unpaired) electrons. The van der Waals surface area contributed by atoms with Crippen LogP contribution in [0.1, 0.15) is 6.92 Å². The van der Waals surface area contributed by atoms with E-state index in [0.717, 1.165) is 6.07 Å². The quantitative estimate of drug-likeness (QED) is 0.748. The van der Waals surface area contributed by atoms with Crippen molar-refractivity contribution in [1.82, 2.24) is 9.87 Å². The fourth-order valence-corrected chi connectivity index (χ4v) is 1.62. The van der Waals surface area contributed by atoms with Gasteiger partial charge in [0.15, 0.2) is 5.82 Å². The molecule has 0 spiro atoms. The summed E-state index contributed by atoms with van der Waals surface area (Å²) >= 11 is 0. The Hall–Kier alpha value is -1.05. The predicted octanol–water partition coefficient (Wildman–Crippen LogP) is 0.451. The molecule has 0 aliphatic rings. The molecule has 0 saturated heterocycles. The number of hydrogen-bond donors (Lipinski definition) is 1. The molecule has 14 heavy (non-hydrogen) atoms. The van der Waals surface area contributed by atoms with E-state index in [2.05, 4.69) is 9.82 Å². The minimum atomic E-state index is -4.01. The van der Waals surface area contributed by atoms with Crippen molar-refractivity contribution in [3.05, 3.63) is 24.1 Å². The highest BCUT2D eigenvalue weighted by Gasteiger charge is 2.19. The zero-order chi connectivity index (χ0) is 10.6. The lowest BCUT2D eigenvalue weighted by molar-refractivity contribution is 0.105. The number of sulfonamides is 1. The van der Waals surface area contributed by atoms with Crippen LogP contribution in [0.15, 0.2) is 23.4 Å². The Balaban J connectivity index is 2.99. The van der Waals surface area contributed by atoms with E-state index >= 15 is 0 Å². The maximum Gasteiger partial charge on any atom is 0.282 e. The van der Waals surface area contributed by atoms with Crippen LogP contribution >= 0.6 is 0 Å². The topological polar surface area (TPSA) is 68.3 Å². The molecule has 1 aromatic rings. The van der Waals surface area contributed by atoms with E-state index in [1.807, 2.05) is 0 Å². The fourth-order valence-electron chi connectivity index (χ4n) is 0.745. The van der Waals surface area contributed by atoms with Crippen molar-refractivity contribution in [3.8, 4) is 0 Å². The maximum atomic E-state index is 13.0. The van der Waals surface area contributed by atoms with Gasteiger partial charge < -0.3 is 0 Å². The molecule has 5 nitrogen and oxygen atoms in total. The van der Waals surface area contributed by atoms with Crippen LogP contribution in [0.5, 0.6) is 0 Å². The smallest absolute Gasteiger partial charge is 0.282 e. The van der Waals surface area contributed by atoms with E-state index < -0.39 is 20.9 Å². The molecule has 1 N–H and O–H groups in total. The molecule has 0 aliphatic carbocycles. The first-order valence-electron chi connectivity index (χ1n) is 3.82. The second-order valence-corrected chi connectivity index (χ2v) is 3.87. The molecular formula is C7H9FN2O3S. The van der Waals surface area contributed by atoms with Crippen LogP contribution in [0.2, 0.25) is 0 Å². The van der Waals surface area contributed by atoms with Crippen LogP contribution in [-0.4, -0.2) is 20.0 Å². The summed E-state index contributed by atoms with van der Waals surface area (Å²) in [6.45, 7) is 1.74. The van der Waals surface area contributed by atoms with Crippen LogP contribution in [0.25, 0.3) is 0 Å². The Bertz CT molecular complexity index is 407. The first kappa shape index (κ1) is 11.0. The summed E-state index contributed by atoms with van der Waals surface area (Å²) in [6.07, 6.45) is 1.18. The minimum absolute atomic E-state index is 0.147. The largest absolute Gasteiger partial charge is 0.287 e. The Morgan fingerprint density at radius 2 is 2.36 bits per heavy atom. The van der Waals surface area contributed by atoms with Gasteiger partial charge in [0.1, 0.15) is 0 Å². The lowest BCUT2D eigenvalue weighted by atomic mass is 10.5. The molecular weight excluding hydrogens is 211 g/mol. The molecule has 1 rings (SSSR count). The van der Waals surface area contributed by atoms with Gasteiger partial charge in [0, 0.05) is 6.20 Å². The van der Waals surface area contributed by atoms with Gasteiger partial charge in [-0.05, 0) is 19.1 Å². The fraction of sp³-hybridized carbons (Fsp3) is 0.286. The molecule has 7 heteroatoms. The van der Waals surface area contributed by atoms with E-state index in [1.54, 1.807) is 11.8 Å². The third-order valence-corrected chi connectivity index (χ3v) is 2.44. The molecule has 0 amide bonds. The van der Waals surface area contributed by atoms with Crippen LogP contribution in [0.4, 0.5) is 4.39 Å². The van der Waals surface area contributed by atoms with Crippen molar-refractivity contribution in [2.45, 2.75) is 11.9 Å². The molecule has 0 aliphatic heterocycles. The monoisotopic (exact) mass is 220 g/mol. The molecule has 0 aromatic carbocycles. The number of pyridine rings is 1. The number of hydrogen-bond acceptors (Lipinski definition) is 4. The van der Waals surface area contributed by atoms with Gasteiger partial charge in [-0.25, -0.2) is 17.8 Å². The first-order valence-corrected chi connectivity index (χ1v) is 5.30. The highest BCUT2D eigenvalue weighted by atomic mass is 32.2. The molecule has 0 fully saturated rings. The number of aromatic nitrogens is 1. The van der Waals surface area contributed by atoms with Crippen molar-refractivity contribution in [2.24, 2.45) is 0 Å². The Labute approximate surface area is 80.9 Å². The van der Waals surface area contributed by atoms with E-state index in [-0.39, 0.29) is 6.61 Å². The van der Waals surface area contributed by atoms with Crippen molar-refractivity contribution < 1.29 is 17.6 Å². The summed E-state index contributed by atoms with van der Waals surface area (Å²) in [5.41, 5.74) is 0. The Morgan fingerprint density at radius 3 is 2.93 bits per heavy atom. The zero-order valence-corrected chi connectivity index (χ0v) is 8.21. The van der Waals surface area contributed by atoms with E-state index in [4.69, 9.17) is 0 Å². The predicted molar refractivity (Wildman–Crippen MR) is 46.1 cm³/mol. The van der Waals surface area contributed by atoms with Crippen LogP contribution in [-0.2, 0) is 14.9 Å². The van der Waals surface area contributed by atoms with Gasteiger partial charge >= 0.3 is 0 Å². The highest BCUT2D eigenvalue weighted by Crippen LogP contribution is 2.09. The second-order valence-electron chi connectivity index (χ2n) is 2.31. The lowest BCUT2D eigenvalue weighted by Gasteiger charge is -2.04. The van der Waals surface area contributed by atoms with E-state index in [9.17, 15) is 12.8 Å². The van der Waals surface area contributed by atoms with Crippen LogP contribution in [0, 0.1) is 5.82 Å². The maximum absolute atomic E-state index is 13.0. The third kappa shape index (κ3) is 2.47. The van der Waals surface area contributed by atoms with E-state index in [0.29, 0.717) is 0 Å². The zero-order valence-electron chi connectivity index (χ0n) is 7.40. The molecule has 1 heterocycles. The molecule has 0 bridgehead atoms. The molecule has 0 atom stereocenters. The summed E-state index contributed by atoms with van der Waals surface area (Å²) in [4.78, 5) is 9.60. The number of nitrogens with one attached hydrogen (secondary N) is 1. The average Bonchev–Trinajstić information content (AvgIpc) is 2.15. The first-order chi connectivity index (χ1) is 6.58. The number of rotatable bonds is 4. The molecule has 78 valence electrons. The highest BCUT2D eigenvalue weighted by molar-refractivity contribution is 7.89. The van der Waals surface area contributed by atoms with Crippen molar-refractivity contribution in [3.63, 3.8) is 0 Å². The third-order valence-electron chi connectivity index (χ3n) is 1.29. The molecule has 1 aromatic heterocycles. The summed E-state index contributed by atoms with van der Waals surface area (Å²) in [7, 11) is -4.01. The average molecular weight is 220 g/mol. The van der Waals surface area contributed by atoms with Gasteiger partial charge in [0.25, 0.3) is 10.0 Å². The van der Waals surface area contributed by atoms with Gasteiger partial charge in [-0.15, -0.1) is 0 Å². The Morgan fingerprint density at radius 1 is 1.64 bits per heavy atom. The SMILES string of the molecule is CCONS(=O)(=O)c1ncccc1F. The summed E-state index contributed by atoms with van der Waals surface area (Å²) in [5.74, 6) is -0.917. The van der Waals surface area contributed by atoms with Crippen molar-refractivity contribution in [1.29, 1.82) is 0 Å².